The fraction of sp³-hybridized carbons (Fsp3) is 0.429. The molecule has 21 heavy (non-hydrogen) atoms. The molecule has 1 aromatic carbocycles. The second-order valence-corrected chi connectivity index (χ2v) is 5.64. The zero-order valence-electron chi connectivity index (χ0n) is 11.7. The van der Waals surface area contributed by atoms with Crippen molar-refractivity contribution in [3.8, 4) is 0 Å². The SMILES string of the molecule is CCNC(=O)C1CNCCN1C(=O)c1cc(Cl)cc(Cl)c1. The van der Waals surface area contributed by atoms with Gasteiger partial charge in [0.15, 0.2) is 0 Å². The number of nitrogens with zero attached hydrogens (tertiary/aromatic N) is 1. The normalized spacial score (nSPS) is 18.4. The van der Waals surface area contributed by atoms with Gasteiger partial charge >= 0.3 is 0 Å². The molecular weight excluding hydrogens is 313 g/mol. The summed E-state index contributed by atoms with van der Waals surface area (Å²) in [6.07, 6.45) is 0. The Balaban J connectivity index is 2.24. The van der Waals surface area contributed by atoms with Gasteiger partial charge in [-0.25, -0.2) is 0 Å². The Morgan fingerprint density at radius 2 is 2.00 bits per heavy atom. The van der Waals surface area contributed by atoms with Crippen LogP contribution in [0.3, 0.4) is 0 Å². The van der Waals surface area contributed by atoms with Crippen LogP contribution < -0.4 is 10.6 Å². The lowest BCUT2D eigenvalue weighted by Gasteiger charge is -2.35. The van der Waals surface area contributed by atoms with Crippen molar-refractivity contribution in [2.75, 3.05) is 26.2 Å². The largest absolute Gasteiger partial charge is 0.355 e. The smallest absolute Gasteiger partial charge is 0.254 e. The Kier molecular flexibility index (Phi) is 5.45. The minimum Gasteiger partial charge on any atom is -0.355 e. The van der Waals surface area contributed by atoms with Gasteiger partial charge in [-0.3, -0.25) is 9.59 Å². The molecule has 1 aliphatic rings. The highest BCUT2D eigenvalue weighted by Crippen LogP contribution is 2.21. The number of hydrogen-bond acceptors (Lipinski definition) is 3. The maximum Gasteiger partial charge on any atom is 0.254 e. The fourth-order valence-corrected chi connectivity index (χ4v) is 2.84. The Morgan fingerprint density at radius 1 is 1.33 bits per heavy atom. The highest BCUT2D eigenvalue weighted by Gasteiger charge is 2.32. The molecule has 7 heteroatoms. The molecule has 114 valence electrons. The van der Waals surface area contributed by atoms with Gasteiger partial charge < -0.3 is 15.5 Å². The zero-order valence-corrected chi connectivity index (χ0v) is 13.2. The summed E-state index contributed by atoms with van der Waals surface area (Å²) in [7, 11) is 0. The molecule has 0 aromatic heterocycles. The number of carbonyl (C=O) groups excluding carboxylic acids is 2. The summed E-state index contributed by atoms with van der Waals surface area (Å²) < 4.78 is 0. The Labute approximate surface area is 133 Å². The van der Waals surface area contributed by atoms with Crippen LogP contribution in [-0.2, 0) is 4.79 Å². The van der Waals surface area contributed by atoms with Gasteiger partial charge in [0, 0.05) is 41.8 Å². The van der Waals surface area contributed by atoms with Gasteiger partial charge in [-0.2, -0.15) is 0 Å². The molecule has 2 rings (SSSR count). The average Bonchev–Trinajstić information content (AvgIpc) is 2.45. The first-order valence-corrected chi connectivity index (χ1v) is 7.54. The summed E-state index contributed by atoms with van der Waals surface area (Å²) in [5, 5.41) is 6.67. The maximum absolute atomic E-state index is 12.6. The molecule has 2 amide bonds. The van der Waals surface area contributed by atoms with Crippen molar-refractivity contribution in [2.24, 2.45) is 0 Å². The predicted octanol–water partition coefficient (Wildman–Crippen LogP) is 1.54. The number of amides is 2. The van der Waals surface area contributed by atoms with E-state index in [-0.39, 0.29) is 11.8 Å². The van der Waals surface area contributed by atoms with Crippen LogP contribution in [0, 0.1) is 0 Å². The molecule has 1 unspecified atom stereocenters. The van der Waals surface area contributed by atoms with E-state index >= 15 is 0 Å². The second kappa shape index (κ2) is 7.11. The first kappa shape index (κ1) is 16.1. The molecule has 0 aliphatic carbocycles. The van der Waals surface area contributed by atoms with E-state index in [4.69, 9.17) is 23.2 Å². The van der Waals surface area contributed by atoms with Gasteiger partial charge in [-0.1, -0.05) is 23.2 Å². The Morgan fingerprint density at radius 3 is 2.62 bits per heavy atom. The third-order valence-corrected chi connectivity index (χ3v) is 3.70. The lowest BCUT2D eigenvalue weighted by Crippen LogP contribution is -2.59. The lowest BCUT2D eigenvalue weighted by atomic mass is 10.1. The first-order chi connectivity index (χ1) is 10.0. The number of carbonyl (C=O) groups is 2. The van der Waals surface area contributed by atoms with E-state index < -0.39 is 6.04 Å². The van der Waals surface area contributed by atoms with E-state index in [1.54, 1.807) is 23.1 Å². The standard InChI is InChI=1S/C14H17Cl2N3O2/c1-2-18-13(20)12-8-17-3-4-19(12)14(21)9-5-10(15)7-11(16)6-9/h5-7,12,17H,2-4,8H2,1H3,(H,18,20). The van der Waals surface area contributed by atoms with Gasteiger partial charge in [0.25, 0.3) is 5.91 Å². The van der Waals surface area contributed by atoms with Crippen LogP contribution in [0.4, 0.5) is 0 Å². The van der Waals surface area contributed by atoms with Gasteiger partial charge in [0.1, 0.15) is 6.04 Å². The Bertz CT molecular complexity index is 531. The summed E-state index contributed by atoms with van der Waals surface area (Å²) in [5.74, 6) is -0.400. The molecule has 1 saturated heterocycles. The van der Waals surface area contributed by atoms with Crippen molar-refractivity contribution in [1.82, 2.24) is 15.5 Å². The highest BCUT2D eigenvalue weighted by molar-refractivity contribution is 6.35. The Hall–Kier alpha value is -1.30. The van der Waals surface area contributed by atoms with Crippen LogP contribution in [-0.4, -0.2) is 48.9 Å². The van der Waals surface area contributed by atoms with Crippen LogP contribution in [0.15, 0.2) is 18.2 Å². The zero-order chi connectivity index (χ0) is 15.4. The second-order valence-electron chi connectivity index (χ2n) is 4.77. The average molecular weight is 330 g/mol. The third-order valence-electron chi connectivity index (χ3n) is 3.27. The summed E-state index contributed by atoms with van der Waals surface area (Å²) in [6, 6.07) is 4.17. The molecule has 0 spiro atoms. The molecule has 0 radical (unpaired) electrons. The van der Waals surface area contributed by atoms with Crippen LogP contribution in [0.2, 0.25) is 10.0 Å². The predicted molar refractivity (Wildman–Crippen MR) is 82.8 cm³/mol. The highest BCUT2D eigenvalue weighted by atomic mass is 35.5. The van der Waals surface area contributed by atoms with E-state index in [0.717, 1.165) is 0 Å². The molecule has 0 saturated carbocycles. The number of nitrogens with one attached hydrogen (secondary N) is 2. The monoisotopic (exact) mass is 329 g/mol. The van der Waals surface area contributed by atoms with Crippen molar-refractivity contribution in [3.05, 3.63) is 33.8 Å². The summed E-state index contributed by atoms with van der Waals surface area (Å²) in [5.41, 5.74) is 0.392. The molecule has 2 N–H and O–H groups in total. The number of benzene rings is 1. The van der Waals surface area contributed by atoms with E-state index in [1.807, 2.05) is 6.92 Å². The van der Waals surface area contributed by atoms with Crippen LogP contribution >= 0.6 is 23.2 Å². The van der Waals surface area contributed by atoms with Gasteiger partial charge in [0.05, 0.1) is 0 Å². The van der Waals surface area contributed by atoms with E-state index in [1.165, 1.54) is 0 Å². The molecule has 1 aliphatic heterocycles. The number of rotatable bonds is 3. The van der Waals surface area contributed by atoms with Crippen molar-refractivity contribution in [2.45, 2.75) is 13.0 Å². The summed E-state index contributed by atoms with van der Waals surface area (Å²) >= 11 is 11.9. The fourth-order valence-electron chi connectivity index (χ4n) is 2.32. The maximum atomic E-state index is 12.6. The summed E-state index contributed by atoms with van der Waals surface area (Å²) in [6.45, 7) is 3.92. The molecule has 1 aromatic rings. The minimum atomic E-state index is -0.524. The van der Waals surface area contributed by atoms with Crippen LogP contribution in [0.1, 0.15) is 17.3 Å². The van der Waals surface area contributed by atoms with E-state index in [2.05, 4.69) is 10.6 Å². The minimum absolute atomic E-state index is 0.161. The third kappa shape index (κ3) is 3.87. The number of piperazine rings is 1. The molecule has 1 fully saturated rings. The van der Waals surface area contributed by atoms with Crippen molar-refractivity contribution >= 4 is 35.0 Å². The van der Waals surface area contributed by atoms with Gasteiger partial charge in [-0.15, -0.1) is 0 Å². The number of halogens is 2. The van der Waals surface area contributed by atoms with Gasteiger partial charge in [-0.05, 0) is 25.1 Å². The van der Waals surface area contributed by atoms with Crippen molar-refractivity contribution in [3.63, 3.8) is 0 Å². The molecule has 0 bridgehead atoms. The molecule has 1 atom stereocenters. The van der Waals surface area contributed by atoms with Crippen molar-refractivity contribution in [1.29, 1.82) is 0 Å². The lowest BCUT2D eigenvalue weighted by molar-refractivity contribution is -0.126. The van der Waals surface area contributed by atoms with Gasteiger partial charge in [0.2, 0.25) is 5.91 Å². The number of hydrogen-bond donors (Lipinski definition) is 2. The number of likely N-dealkylation sites (N-methyl/N-ethyl adjacent to an activating group) is 1. The van der Waals surface area contributed by atoms with Crippen LogP contribution in [0.5, 0.6) is 0 Å². The first-order valence-electron chi connectivity index (χ1n) is 6.78. The quantitative estimate of drug-likeness (QED) is 0.884. The van der Waals surface area contributed by atoms with E-state index in [0.29, 0.717) is 41.8 Å². The van der Waals surface area contributed by atoms with Crippen LogP contribution in [0.25, 0.3) is 0 Å². The molecule has 1 heterocycles. The van der Waals surface area contributed by atoms with Crippen molar-refractivity contribution < 1.29 is 9.59 Å². The molecule has 5 nitrogen and oxygen atoms in total. The molecular formula is C14H17Cl2N3O2. The van der Waals surface area contributed by atoms with E-state index in [9.17, 15) is 9.59 Å². The summed E-state index contributed by atoms with van der Waals surface area (Å²) in [4.78, 5) is 26.3. The topological polar surface area (TPSA) is 61.4 Å².